The highest BCUT2D eigenvalue weighted by atomic mass is 32.2. The van der Waals surface area contributed by atoms with Crippen LogP contribution in [0.15, 0.2) is 9.98 Å². The van der Waals surface area contributed by atoms with Crippen molar-refractivity contribution in [2.45, 2.75) is 126 Å². The van der Waals surface area contributed by atoms with Gasteiger partial charge in [-0.05, 0) is 31.6 Å². The predicted octanol–water partition coefficient (Wildman–Crippen LogP) is 2.14. The van der Waals surface area contributed by atoms with E-state index in [1.54, 1.807) is 0 Å². The summed E-state index contributed by atoms with van der Waals surface area (Å²) in [4.78, 5) is 59.5. The molecule has 0 aromatic heterocycles. The Morgan fingerprint density at radius 2 is 1.00 bits per heavy atom. The highest BCUT2D eigenvalue weighted by Crippen LogP contribution is 2.52. The van der Waals surface area contributed by atoms with Gasteiger partial charge in [0.2, 0.25) is 11.8 Å². The van der Waals surface area contributed by atoms with Crippen molar-refractivity contribution < 1.29 is 29.4 Å². The zero-order valence-electron chi connectivity index (χ0n) is 29.3. The van der Waals surface area contributed by atoms with Crippen LogP contribution in [0.2, 0.25) is 0 Å². The third-order valence-electron chi connectivity index (χ3n) is 10.1. The molecule has 0 spiro atoms. The van der Waals surface area contributed by atoms with Gasteiger partial charge in [0, 0.05) is 52.8 Å². The Bertz CT molecular complexity index is 1090. The first-order valence-electron chi connectivity index (χ1n) is 17.0. The van der Waals surface area contributed by atoms with Crippen molar-refractivity contribution in [1.82, 2.24) is 10.6 Å². The zero-order chi connectivity index (χ0) is 36.5. The lowest BCUT2D eigenvalue weighted by Gasteiger charge is -2.39. The second-order valence-electron chi connectivity index (χ2n) is 13.1. The van der Waals surface area contributed by atoms with Crippen molar-refractivity contribution in [1.29, 1.82) is 0 Å². The van der Waals surface area contributed by atoms with Crippen LogP contribution in [0.3, 0.4) is 0 Å². The number of aliphatic carboxylic acids is 2. The molecule has 2 aliphatic rings. The monoisotopic (exact) mass is 714 g/mol. The van der Waals surface area contributed by atoms with Crippen LogP contribution in [0.1, 0.15) is 87.0 Å². The van der Waals surface area contributed by atoms with Gasteiger partial charge in [-0.1, -0.05) is 53.4 Å². The van der Waals surface area contributed by atoms with Gasteiger partial charge in [-0.2, -0.15) is 0 Å². The van der Waals surface area contributed by atoms with Gasteiger partial charge in [-0.15, -0.1) is 23.5 Å². The molecule has 10 atom stereocenters. The number of nitrogens with one attached hydrogen (secondary N) is 2. The first-order valence-corrected chi connectivity index (χ1v) is 18.9. The Hall–Kier alpha value is -2.88. The van der Waals surface area contributed by atoms with Crippen molar-refractivity contribution in [3.05, 3.63) is 0 Å². The Morgan fingerprint density at radius 3 is 1.23 bits per heavy atom. The molecule has 0 saturated heterocycles. The van der Waals surface area contributed by atoms with Gasteiger partial charge in [0.25, 0.3) is 0 Å². The van der Waals surface area contributed by atoms with Crippen molar-refractivity contribution in [2.75, 3.05) is 0 Å². The number of amides is 2. The van der Waals surface area contributed by atoms with Gasteiger partial charge < -0.3 is 43.8 Å². The number of guanidine groups is 2. The molecule has 2 rings (SSSR count). The summed E-state index contributed by atoms with van der Waals surface area (Å²) in [6.45, 7) is 13.0. The van der Waals surface area contributed by atoms with Crippen molar-refractivity contribution in [2.24, 2.45) is 68.4 Å². The second kappa shape index (κ2) is 18.8. The number of thioether (sulfide) groups is 2. The van der Waals surface area contributed by atoms with E-state index >= 15 is 0 Å². The maximum absolute atomic E-state index is 12.8. The summed E-state index contributed by atoms with van der Waals surface area (Å²) in [5.41, 5.74) is 23.4. The lowest BCUT2D eigenvalue weighted by atomic mass is 9.81. The van der Waals surface area contributed by atoms with E-state index in [0.717, 1.165) is 25.7 Å². The van der Waals surface area contributed by atoms with E-state index in [0.29, 0.717) is 0 Å². The fourth-order valence-corrected chi connectivity index (χ4v) is 11.9. The van der Waals surface area contributed by atoms with E-state index in [2.05, 4.69) is 20.6 Å². The van der Waals surface area contributed by atoms with Crippen LogP contribution < -0.4 is 33.6 Å². The Labute approximate surface area is 293 Å². The molecule has 2 saturated carbocycles. The molecule has 0 unspecified atom stereocenters. The SMILES string of the molecule is CCC(CC)[C@@H](NC(C)=O)[C@@H]1[C@H](SC(C)S[C@H]2[C@@H]([C@H](NC(C)=O)C(CC)CC)[C@H](N=C(N)N)C[C@@H]2C(=O)O)[C@@H](C(=O)O)C[C@H]1N=C(N)N. The summed E-state index contributed by atoms with van der Waals surface area (Å²) in [5.74, 6) is -5.08. The van der Waals surface area contributed by atoms with Crippen molar-refractivity contribution >= 4 is 59.2 Å². The number of carbonyl (C=O) groups excluding carboxylic acids is 2. The fraction of sp³-hybridized carbons (Fsp3) is 0.812. The van der Waals surface area contributed by atoms with Crippen LogP contribution >= 0.6 is 23.5 Å². The molecular weight excluding hydrogens is 657 g/mol. The average Bonchev–Trinajstić information content (AvgIpc) is 3.49. The molecular formula is C32H58N8O6S2. The lowest BCUT2D eigenvalue weighted by molar-refractivity contribution is -0.142. The summed E-state index contributed by atoms with van der Waals surface area (Å²) in [7, 11) is 0. The largest absolute Gasteiger partial charge is 0.481 e. The normalized spacial score (nSPS) is 28.8. The third-order valence-corrected chi connectivity index (χ3v) is 13.4. The number of carboxylic acids is 2. The molecule has 48 heavy (non-hydrogen) atoms. The number of hydrogen-bond donors (Lipinski definition) is 8. The minimum absolute atomic E-state index is 0.0450. The van der Waals surface area contributed by atoms with Gasteiger partial charge in [0.05, 0.1) is 23.9 Å². The van der Waals surface area contributed by atoms with Gasteiger partial charge in [0.1, 0.15) is 0 Å². The van der Waals surface area contributed by atoms with Gasteiger partial charge in [-0.3, -0.25) is 19.2 Å². The minimum Gasteiger partial charge on any atom is -0.481 e. The lowest BCUT2D eigenvalue weighted by Crippen LogP contribution is -2.51. The molecule has 14 nitrogen and oxygen atoms in total. The number of hydrogen-bond acceptors (Lipinski definition) is 8. The van der Waals surface area contributed by atoms with E-state index < -0.39 is 58.2 Å². The van der Waals surface area contributed by atoms with Crippen molar-refractivity contribution in [3.8, 4) is 0 Å². The molecule has 2 amide bonds. The summed E-state index contributed by atoms with van der Waals surface area (Å²) in [6, 6.07) is -1.86. The topological polar surface area (TPSA) is 262 Å². The van der Waals surface area contributed by atoms with Gasteiger partial charge in [-0.25, -0.2) is 9.98 Å². The second-order valence-corrected chi connectivity index (χ2v) is 16.5. The Kier molecular flexibility index (Phi) is 16.1. The van der Waals surface area contributed by atoms with Crippen LogP contribution in [-0.2, 0) is 19.2 Å². The number of carbonyl (C=O) groups is 4. The minimum atomic E-state index is -0.983. The van der Waals surface area contributed by atoms with Crippen LogP contribution in [0, 0.1) is 35.5 Å². The Morgan fingerprint density at radius 1 is 0.688 bits per heavy atom. The molecule has 0 radical (unpaired) electrons. The van der Waals surface area contributed by atoms with E-state index in [1.807, 2.05) is 34.6 Å². The highest BCUT2D eigenvalue weighted by molar-refractivity contribution is 8.17. The Balaban J connectivity index is 2.65. The first-order chi connectivity index (χ1) is 22.5. The highest BCUT2D eigenvalue weighted by Gasteiger charge is 2.55. The standard InChI is InChI=1S/C32H58N8O6S2/c1-8-17(9-2)25(37-14(5)41)23-21(39-31(33)34)12-19(29(43)44)27(23)47-16(7)48-28-20(30(45)46)13-22(40-32(35)36)24(28)26(38-15(6)42)18(10-3)11-4/h16-28H,8-13H2,1-7H3,(H,37,41)(H,38,42)(H,43,44)(H,45,46)(H4,33,34,39)(H4,35,36,40)/t19-,20-,21+,22+,23+,24+,25+,26+,27+,28+/m0/s1. The molecule has 274 valence electrons. The quantitative estimate of drug-likeness (QED) is 0.0577. The number of nitrogens with two attached hydrogens (primary N) is 4. The molecule has 0 aromatic carbocycles. The van der Waals surface area contributed by atoms with E-state index in [-0.39, 0.29) is 65.1 Å². The van der Waals surface area contributed by atoms with E-state index in [4.69, 9.17) is 22.9 Å². The summed E-state index contributed by atoms with van der Waals surface area (Å²) in [5, 5.41) is 26.1. The maximum atomic E-state index is 12.8. The van der Waals surface area contributed by atoms with Crippen LogP contribution in [0.25, 0.3) is 0 Å². The smallest absolute Gasteiger partial charge is 0.307 e. The molecule has 16 heteroatoms. The molecule has 12 N–H and O–H groups in total. The van der Waals surface area contributed by atoms with Crippen molar-refractivity contribution in [3.63, 3.8) is 0 Å². The average molecular weight is 715 g/mol. The molecule has 0 aromatic rings. The molecule has 2 aliphatic carbocycles. The number of rotatable bonds is 18. The molecule has 0 bridgehead atoms. The van der Waals surface area contributed by atoms with Crippen LogP contribution in [-0.4, -0.2) is 85.1 Å². The molecule has 0 aliphatic heterocycles. The van der Waals surface area contributed by atoms with Gasteiger partial charge >= 0.3 is 11.9 Å². The first kappa shape index (κ1) is 41.3. The predicted molar refractivity (Wildman–Crippen MR) is 193 cm³/mol. The maximum Gasteiger partial charge on any atom is 0.307 e. The number of nitrogens with zero attached hydrogens (tertiary/aromatic N) is 2. The summed E-state index contributed by atoms with van der Waals surface area (Å²) < 4.78 is -0.302. The number of carboxylic acid groups (broad SMARTS) is 2. The van der Waals surface area contributed by atoms with E-state index in [1.165, 1.54) is 37.4 Å². The van der Waals surface area contributed by atoms with Crippen LogP contribution in [0.5, 0.6) is 0 Å². The zero-order valence-corrected chi connectivity index (χ0v) is 30.9. The fourth-order valence-electron chi connectivity index (χ4n) is 8.07. The molecule has 0 heterocycles. The molecule has 2 fully saturated rings. The van der Waals surface area contributed by atoms with E-state index in [9.17, 15) is 29.4 Å². The summed E-state index contributed by atoms with van der Waals surface area (Å²) in [6.07, 6.45) is 3.40. The van der Waals surface area contributed by atoms with Gasteiger partial charge in [0.15, 0.2) is 11.9 Å². The summed E-state index contributed by atoms with van der Waals surface area (Å²) >= 11 is 2.91. The number of aliphatic imine (C=N–C) groups is 2. The van der Waals surface area contributed by atoms with Crippen LogP contribution in [0.4, 0.5) is 0 Å². The third kappa shape index (κ3) is 10.6.